The molecule has 0 aromatic carbocycles. The molecule has 88 valence electrons. The van der Waals surface area contributed by atoms with Gasteiger partial charge in [0.25, 0.3) is 0 Å². The molecule has 0 aliphatic carbocycles. The molecule has 1 saturated heterocycles. The first-order valence-corrected chi connectivity index (χ1v) is 5.50. The van der Waals surface area contributed by atoms with Gasteiger partial charge >= 0.3 is 0 Å². The quantitative estimate of drug-likeness (QED) is 0.325. The first kappa shape index (κ1) is 12.4. The second-order valence-electron chi connectivity index (χ2n) is 3.96. The number of nitrogens with two attached hydrogens (primary N) is 1. The van der Waals surface area contributed by atoms with E-state index in [9.17, 15) is 0 Å². The van der Waals surface area contributed by atoms with Crippen molar-refractivity contribution in [3.63, 3.8) is 0 Å². The van der Waals surface area contributed by atoms with Crippen molar-refractivity contribution in [2.75, 3.05) is 32.8 Å². The van der Waals surface area contributed by atoms with Crippen molar-refractivity contribution in [1.82, 2.24) is 4.90 Å². The van der Waals surface area contributed by atoms with Crippen molar-refractivity contribution in [1.29, 1.82) is 5.41 Å². The van der Waals surface area contributed by atoms with E-state index in [1.165, 1.54) is 0 Å². The van der Waals surface area contributed by atoms with E-state index in [2.05, 4.69) is 4.90 Å². The second kappa shape index (κ2) is 6.76. The van der Waals surface area contributed by atoms with Crippen LogP contribution in [0.25, 0.3) is 0 Å². The lowest BCUT2D eigenvalue weighted by Crippen LogP contribution is -2.44. The number of nitrogens with zero attached hydrogens (tertiary/aromatic N) is 1. The van der Waals surface area contributed by atoms with E-state index in [0.717, 1.165) is 32.5 Å². The molecule has 0 bridgehead atoms. The van der Waals surface area contributed by atoms with Crippen LogP contribution in [-0.2, 0) is 4.74 Å². The van der Waals surface area contributed by atoms with E-state index in [-0.39, 0.29) is 18.5 Å². The van der Waals surface area contributed by atoms with E-state index in [0.29, 0.717) is 13.0 Å². The molecule has 1 unspecified atom stereocenters. The van der Waals surface area contributed by atoms with Crippen molar-refractivity contribution in [2.24, 2.45) is 5.73 Å². The highest BCUT2D eigenvalue weighted by molar-refractivity contribution is 5.76. The Hall–Kier alpha value is -0.650. The van der Waals surface area contributed by atoms with Crippen LogP contribution in [0, 0.1) is 5.41 Å². The zero-order valence-corrected chi connectivity index (χ0v) is 9.11. The standard InChI is InChI=1S/C10H21N3O2/c11-10(12)3-1-2-4-13-5-6-15-9(7-13)8-14/h9,14H,1-8H2,(H3,11,12). The minimum atomic E-state index is -0.0217. The number of rotatable bonds is 6. The van der Waals surface area contributed by atoms with Crippen LogP contribution in [0.5, 0.6) is 0 Å². The van der Waals surface area contributed by atoms with Crippen LogP contribution < -0.4 is 5.73 Å². The Morgan fingerprint density at radius 3 is 3.00 bits per heavy atom. The summed E-state index contributed by atoms with van der Waals surface area (Å²) in [6.45, 7) is 3.57. The second-order valence-corrected chi connectivity index (χ2v) is 3.96. The largest absolute Gasteiger partial charge is 0.394 e. The summed E-state index contributed by atoms with van der Waals surface area (Å²) < 4.78 is 5.36. The molecule has 0 aromatic rings. The van der Waals surface area contributed by atoms with Crippen molar-refractivity contribution in [3.05, 3.63) is 0 Å². The molecule has 15 heavy (non-hydrogen) atoms. The SMILES string of the molecule is N=C(N)CCCCN1CCOC(CO)C1. The Balaban J connectivity index is 2.07. The molecule has 1 fully saturated rings. The summed E-state index contributed by atoms with van der Waals surface area (Å²) in [6, 6.07) is 0. The van der Waals surface area contributed by atoms with Gasteiger partial charge in [0.1, 0.15) is 0 Å². The average molecular weight is 215 g/mol. The fourth-order valence-corrected chi connectivity index (χ4v) is 1.74. The lowest BCUT2D eigenvalue weighted by atomic mass is 10.2. The molecular formula is C10H21N3O2. The predicted molar refractivity (Wildman–Crippen MR) is 59.0 cm³/mol. The highest BCUT2D eigenvalue weighted by Gasteiger charge is 2.18. The zero-order valence-electron chi connectivity index (χ0n) is 9.11. The Labute approximate surface area is 90.7 Å². The van der Waals surface area contributed by atoms with E-state index >= 15 is 0 Å². The minimum Gasteiger partial charge on any atom is -0.394 e. The maximum atomic E-state index is 8.96. The summed E-state index contributed by atoms with van der Waals surface area (Å²) in [4.78, 5) is 2.30. The highest BCUT2D eigenvalue weighted by atomic mass is 16.5. The summed E-state index contributed by atoms with van der Waals surface area (Å²) in [6.07, 6.45) is 2.69. The van der Waals surface area contributed by atoms with Crippen molar-refractivity contribution in [3.8, 4) is 0 Å². The third kappa shape index (κ3) is 5.11. The summed E-state index contributed by atoms with van der Waals surface area (Å²) >= 11 is 0. The van der Waals surface area contributed by atoms with Gasteiger partial charge in [-0.1, -0.05) is 0 Å². The van der Waals surface area contributed by atoms with Crippen LogP contribution in [-0.4, -0.2) is 54.8 Å². The monoisotopic (exact) mass is 215 g/mol. The molecule has 4 N–H and O–H groups in total. The molecule has 0 saturated carbocycles. The van der Waals surface area contributed by atoms with Gasteiger partial charge in [0.15, 0.2) is 0 Å². The number of unbranched alkanes of at least 4 members (excludes halogenated alkanes) is 1. The van der Waals surface area contributed by atoms with Crippen LogP contribution in [0.15, 0.2) is 0 Å². The molecule has 0 spiro atoms. The third-order valence-corrected chi connectivity index (χ3v) is 2.60. The molecule has 1 aliphatic heterocycles. The Morgan fingerprint density at radius 1 is 1.53 bits per heavy atom. The van der Waals surface area contributed by atoms with Crippen LogP contribution in [0.2, 0.25) is 0 Å². The van der Waals surface area contributed by atoms with Gasteiger partial charge in [-0.15, -0.1) is 0 Å². The molecule has 1 heterocycles. The maximum absolute atomic E-state index is 8.96. The van der Waals surface area contributed by atoms with Gasteiger partial charge in [0, 0.05) is 19.5 Å². The fraction of sp³-hybridized carbons (Fsp3) is 0.900. The van der Waals surface area contributed by atoms with Crippen LogP contribution in [0.1, 0.15) is 19.3 Å². The molecule has 1 aliphatic rings. The number of aliphatic hydroxyl groups excluding tert-OH is 1. The lowest BCUT2D eigenvalue weighted by Gasteiger charge is -2.31. The third-order valence-electron chi connectivity index (χ3n) is 2.60. The van der Waals surface area contributed by atoms with E-state index < -0.39 is 0 Å². The van der Waals surface area contributed by atoms with Crippen molar-refractivity contribution >= 4 is 5.84 Å². The average Bonchev–Trinajstić information content (AvgIpc) is 2.24. The maximum Gasteiger partial charge on any atom is 0.0932 e. The molecule has 0 aromatic heterocycles. The normalized spacial score (nSPS) is 22.9. The highest BCUT2D eigenvalue weighted by Crippen LogP contribution is 2.06. The summed E-state index contributed by atoms with van der Waals surface area (Å²) in [5.41, 5.74) is 5.27. The molecule has 1 rings (SSSR count). The summed E-state index contributed by atoms with van der Waals surface area (Å²) in [5.74, 6) is 0.269. The Morgan fingerprint density at radius 2 is 2.33 bits per heavy atom. The molecular weight excluding hydrogens is 194 g/mol. The number of ether oxygens (including phenoxy) is 1. The number of morpholine rings is 1. The fourth-order valence-electron chi connectivity index (χ4n) is 1.74. The van der Waals surface area contributed by atoms with Crippen molar-refractivity contribution in [2.45, 2.75) is 25.4 Å². The number of amidine groups is 1. The van der Waals surface area contributed by atoms with Gasteiger partial charge in [0.2, 0.25) is 0 Å². The summed E-state index contributed by atoms with van der Waals surface area (Å²) in [7, 11) is 0. The smallest absolute Gasteiger partial charge is 0.0932 e. The van der Waals surface area contributed by atoms with Crippen LogP contribution in [0.3, 0.4) is 0 Å². The molecule has 5 heteroatoms. The first-order valence-electron chi connectivity index (χ1n) is 5.50. The number of nitrogens with one attached hydrogen (secondary N) is 1. The Bertz CT molecular complexity index is 199. The molecule has 0 amide bonds. The predicted octanol–water partition coefficient (Wildman–Crippen LogP) is -0.214. The zero-order chi connectivity index (χ0) is 11.1. The van der Waals surface area contributed by atoms with Gasteiger partial charge in [-0.3, -0.25) is 10.3 Å². The number of hydrogen-bond donors (Lipinski definition) is 3. The Kier molecular flexibility index (Phi) is 5.60. The van der Waals surface area contributed by atoms with Gasteiger partial charge in [-0.25, -0.2) is 0 Å². The van der Waals surface area contributed by atoms with Gasteiger partial charge < -0.3 is 15.6 Å². The van der Waals surface area contributed by atoms with E-state index in [1.54, 1.807) is 0 Å². The van der Waals surface area contributed by atoms with E-state index in [4.69, 9.17) is 21.0 Å². The van der Waals surface area contributed by atoms with E-state index in [1.807, 2.05) is 0 Å². The molecule has 0 radical (unpaired) electrons. The van der Waals surface area contributed by atoms with Crippen LogP contribution in [0.4, 0.5) is 0 Å². The molecule has 5 nitrogen and oxygen atoms in total. The lowest BCUT2D eigenvalue weighted by molar-refractivity contribution is -0.0528. The van der Waals surface area contributed by atoms with Gasteiger partial charge in [-0.2, -0.15) is 0 Å². The first-order chi connectivity index (χ1) is 7.22. The van der Waals surface area contributed by atoms with Gasteiger partial charge in [-0.05, 0) is 19.4 Å². The van der Waals surface area contributed by atoms with Gasteiger partial charge in [0.05, 0.1) is 25.2 Å². The topological polar surface area (TPSA) is 82.6 Å². The number of aliphatic hydroxyl groups is 1. The molecule has 1 atom stereocenters. The van der Waals surface area contributed by atoms with Crippen LogP contribution >= 0.6 is 0 Å². The minimum absolute atomic E-state index is 0.0217. The summed E-state index contributed by atoms with van der Waals surface area (Å²) in [5, 5.41) is 16.0. The number of hydrogen-bond acceptors (Lipinski definition) is 4. The van der Waals surface area contributed by atoms with Crippen molar-refractivity contribution < 1.29 is 9.84 Å².